The summed E-state index contributed by atoms with van der Waals surface area (Å²) in [6, 6.07) is 5.24. The van der Waals surface area contributed by atoms with E-state index in [0.717, 1.165) is 3.57 Å². The van der Waals surface area contributed by atoms with Crippen LogP contribution < -0.4 is 0 Å². The summed E-state index contributed by atoms with van der Waals surface area (Å²) in [5, 5.41) is 7.82. The number of methoxy groups -OCH3 is 1. The monoisotopic (exact) mass is 461 g/mol. The Hall–Kier alpha value is -0.420. The van der Waals surface area contributed by atoms with Gasteiger partial charge in [0.25, 0.3) is 14.2 Å². The quantitative estimate of drug-likeness (QED) is 0.505. The minimum Gasteiger partial charge on any atom is -0.383 e. The smallest absolute Gasteiger partial charge is 0.296 e. The van der Waals surface area contributed by atoms with E-state index >= 15 is 0 Å². The molecule has 10 heteroatoms. The number of ether oxygens (including phenoxy) is 1. The van der Waals surface area contributed by atoms with E-state index in [1.165, 1.54) is 11.7 Å². The van der Waals surface area contributed by atoms with Gasteiger partial charge in [0, 0.05) is 31.9 Å². The zero-order valence-electron chi connectivity index (χ0n) is 10.8. The number of hydrogen-bond acceptors (Lipinski definition) is 5. The molecule has 0 saturated carbocycles. The molecule has 0 aliphatic heterocycles. The molecule has 21 heavy (non-hydrogen) atoms. The molecule has 1 heterocycles. The van der Waals surface area contributed by atoms with Crippen molar-refractivity contribution >= 4 is 53.9 Å². The first-order valence-corrected chi connectivity index (χ1v) is 9.43. The number of halogens is 3. The van der Waals surface area contributed by atoms with Crippen molar-refractivity contribution in [3.63, 3.8) is 0 Å². The molecule has 0 unspecified atom stereocenters. The summed E-state index contributed by atoms with van der Waals surface area (Å²) in [5.41, 5.74) is 0.679. The molecule has 2 rings (SSSR count). The molecule has 1 aromatic heterocycles. The van der Waals surface area contributed by atoms with Crippen LogP contribution in [0.2, 0.25) is 5.02 Å². The lowest BCUT2D eigenvalue weighted by Gasteiger charge is -2.09. The van der Waals surface area contributed by atoms with E-state index in [0.29, 0.717) is 23.0 Å². The molecule has 0 N–H and O–H groups in total. The van der Waals surface area contributed by atoms with Gasteiger partial charge in [0.15, 0.2) is 5.82 Å². The van der Waals surface area contributed by atoms with Crippen LogP contribution in [0.3, 0.4) is 0 Å². The lowest BCUT2D eigenvalue weighted by atomic mass is 10.2. The van der Waals surface area contributed by atoms with Gasteiger partial charge in [0.05, 0.1) is 13.2 Å². The molecule has 114 valence electrons. The Labute approximate surface area is 145 Å². The first-order valence-electron chi connectivity index (χ1n) is 5.67. The van der Waals surface area contributed by atoms with Crippen molar-refractivity contribution in [2.24, 2.45) is 0 Å². The fraction of sp³-hybridized carbons (Fsp3) is 0.273. The number of hydrogen-bond donors (Lipinski definition) is 0. The normalized spacial score (nSPS) is 11.8. The molecule has 0 atom stereocenters. The van der Waals surface area contributed by atoms with Crippen LogP contribution in [-0.2, 0) is 20.3 Å². The summed E-state index contributed by atoms with van der Waals surface area (Å²) in [6.07, 6.45) is 0. The Balaban J connectivity index is 2.63. The van der Waals surface area contributed by atoms with E-state index in [1.54, 1.807) is 12.1 Å². The first kappa shape index (κ1) is 16.9. The SMILES string of the molecule is COCCn1c(-c2cc(Cl)ccc2I)nnc1S(=O)(=O)Cl. The van der Waals surface area contributed by atoms with Gasteiger partial charge in [-0.1, -0.05) is 11.6 Å². The Morgan fingerprint density at radius 3 is 2.71 bits per heavy atom. The van der Waals surface area contributed by atoms with Crippen LogP contribution in [0.15, 0.2) is 23.4 Å². The van der Waals surface area contributed by atoms with Crippen LogP contribution in [0.5, 0.6) is 0 Å². The van der Waals surface area contributed by atoms with Crippen molar-refractivity contribution in [1.29, 1.82) is 0 Å². The zero-order chi connectivity index (χ0) is 15.6. The molecule has 2 aromatic rings. The van der Waals surface area contributed by atoms with Gasteiger partial charge in [0.1, 0.15) is 0 Å². The van der Waals surface area contributed by atoms with E-state index in [4.69, 9.17) is 27.0 Å². The number of rotatable bonds is 5. The average Bonchev–Trinajstić information content (AvgIpc) is 2.82. The number of benzene rings is 1. The molecule has 0 saturated heterocycles. The van der Waals surface area contributed by atoms with E-state index in [-0.39, 0.29) is 11.7 Å². The van der Waals surface area contributed by atoms with Gasteiger partial charge in [-0.3, -0.25) is 4.57 Å². The maximum atomic E-state index is 11.6. The van der Waals surface area contributed by atoms with Gasteiger partial charge in [-0.15, -0.1) is 10.2 Å². The predicted molar refractivity (Wildman–Crippen MR) is 88.1 cm³/mol. The topological polar surface area (TPSA) is 74.1 Å². The van der Waals surface area contributed by atoms with Gasteiger partial charge >= 0.3 is 0 Å². The second kappa shape index (κ2) is 6.78. The van der Waals surface area contributed by atoms with Crippen LogP contribution in [0.1, 0.15) is 0 Å². The standard InChI is InChI=1S/C11H10Cl2IN3O3S/c1-20-5-4-17-10(15-16-11(17)21(13,18)19)8-6-7(12)2-3-9(8)14/h2-3,6H,4-5H2,1H3. The Morgan fingerprint density at radius 2 is 2.10 bits per heavy atom. The summed E-state index contributed by atoms with van der Waals surface area (Å²) in [4.78, 5) is 0. The molecule has 0 spiro atoms. The predicted octanol–water partition coefficient (Wildman–Crippen LogP) is 2.78. The van der Waals surface area contributed by atoms with Crippen LogP contribution in [0.4, 0.5) is 0 Å². The van der Waals surface area contributed by atoms with Crippen LogP contribution >= 0.6 is 44.9 Å². The van der Waals surface area contributed by atoms with E-state index < -0.39 is 9.05 Å². The Morgan fingerprint density at radius 1 is 1.38 bits per heavy atom. The van der Waals surface area contributed by atoms with Crippen LogP contribution in [0, 0.1) is 3.57 Å². The first-order chi connectivity index (χ1) is 9.84. The fourth-order valence-corrected chi connectivity index (χ4v) is 3.39. The van der Waals surface area contributed by atoms with Crippen molar-refractivity contribution in [3.8, 4) is 11.4 Å². The minimum atomic E-state index is -4.00. The molecule has 0 fully saturated rings. The van der Waals surface area contributed by atoms with Gasteiger partial charge in [-0.05, 0) is 40.8 Å². The highest BCUT2D eigenvalue weighted by atomic mass is 127. The average molecular weight is 462 g/mol. The molecule has 0 amide bonds. The van der Waals surface area contributed by atoms with Gasteiger partial charge < -0.3 is 4.74 Å². The maximum absolute atomic E-state index is 11.6. The van der Waals surface area contributed by atoms with Gasteiger partial charge in [0.2, 0.25) is 0 Å². The van der Waals surface area contributed by atoms with Crippen molar-refractivity contribution in [3.05, 3.63) is 26.8 Å². The summed E-state index contributed by atoms with van der Waals surface area (Å²) < 4.78 is 30.4. The molecule has 1 aromatic carbocycles. The molecule has 0 radical (unpaired) electrons. The number of nitrogens with zero attached hydrogens (tertiary/aromatic N) is 3. The Bertz CT molecular complexity index is 764. The summed E-state index contributed by atoms with van der Waals surface area (Å²) in [6.45, 7) is 0.546. The minimum absolute atomic E-state index is 0.253. The maximum Gasteiger partial charge on any atom is 0.296 e. The molecular weight excluding hydrogens is 452 g/mol. The van der Waals surface area contributed by atoms with Crippen molar-refractivity contribution in [2.75, 3.05) is 13.7 Å². The molecule has 0 aliphatic carbocycles. The fourth-order valence-electron chi connectivity index (χ4n) is 1.72. The largest absolute Gasteiger partial charge is 0.383 e. The lowest BCUT2D eigenvalue weighted by molar-refractivity contribution is 0.185. The Kier molecular flexibility index (Phi) is 5.47. The zero-order valence-corrected chi connectivity index (χ0v) is 15.2. The van der Waals surface area contributed by atoms with Crippen LogP contribution in [0.25, 0.3) is 11.4 Å². The highest BCUT2D eigenvalue weighted by molar-refractivity contribution is 14.1. The van der Waals surface area contributed by atoms with Crippen molar-refractivity contribution in [2.45, 2.75) is 11.7 Å². The van der Waals surface area contributed by atoms with E-state index in [2.05, 4.69) is 32.8 Å². The third-order valence-corrected chi connectivity index (χ3v) is 4.95. The summed E-state index contributed by atoms with van der Waals surface area (Å²) >= 11 is 8.10. The summed E-state index contributed by atoms with van der Waals surface area (Å²) in [7, 11) is 2.91. The van der Waals surface area contributed by atoms with Gasteiger partial charge in [-0.2, -0.15) is 0 Å². The highest BCUT2D eigenvalue weighted by Gasteiger charge is 2.24. The van der Waals surface area contributed by atoms with Crippen LogP contribution in [-0.4, -0.2) is 36.9 Å². The lowest BCUT2D eigenvalue weighted by Crippen LogP contribution is -2.11. The molecule has 0 bridgehead atoms. The third kappa shape index (κ3) is 3.86. The van der Waals surface area contributed by atoms with Crippen molar-refractivity contribution < 1.29 is 13.2 Å². The molecule has 6 nitrogen and oxygen atoms in total. The van der Waals surface area contributed by atoms with Crippen molar-refractivity contribution in [1.82, 2.24) is 14.8 Å². The van der Waals surface area contributed by atoms with E-state index in [9.17, 15) is 8.42 Å². The van der Waals surface area contributed by atoms with E-state index in [1.807, 2.05) is 6.07 Å². The number of aromatic nitrogens is 3. The summed E-state index contributed by atoms with van der Waals surface area (Å²) in [5.74, 6) is 0.373. The second-order valence-electron chi connectivity index (χ2n) is 4.01. The highest BCUT2D eigenvalue weighted by Crippen LogP contribution is 2.29. The van der Waals surface area contributed by atoms with Gasteiger partial charge in [-0.25, -0.2) is 8.42 Å². The molecule has 0 aliphatic rings. The second-order valence-corrected chi connectivity index (χ2v) is 8.07. The molecular formula is C11H10Cl2IN3O3S. The third-order valence-electron chi connectivity index (χ3n) is 2.62.